The third kappa shape index (κ3) is 2.79. The standard InChI is InChI=1S/C17H16N2OS2/c1-2-5-13(6-3-1)14-12-22-17(18-14)19-8-9-20-15(11-19)16-7-4-10-21-16/h1-7,10,12,15H,8-9,11H2. The van der Waals surface area contributed by atoms with Gasteiger partial charge in [-0.3, -0.25) is 0 Å². The summed E-state index contributed by atoms with van der Waals surface area (Å²) in [6, 6.07) is 14.6. The summed E-state index contributed by atoms with van der Waals surface area (Å²) < 4.78 is 5.91. The van der Waals surface area contributed by atoms with Gasteiger partial charge in [0.05, 0.1) is 18.8 Å². The summed E-state index contributed by atoms with van der Waals surface area (Å²) in [5, 5.41) is 5.33. The predicted molar refractivity (Wildman–Crippen MR) is 92.8 cm³/mol. The van der Waals surface area contributed by atoms with Crippen LogP contribution in [0.3, 0.4) is 0 Å². The number of benzene rings is 1. The molecule has 4 rings (SSSR count). The van der Waals surface area contributed by atoms with Gasteiger partial charge in [0.2, 0.25) is 0 Å². The maximum atomic E-state index is 5.91. The van der Waals surface area contributed by atoms with Crippen LogP contribution < -0.4 is 4.90 Å². The molecule has 3 aromatic rings. The molecule has 1 atom stereocenters. The van der Waals surface area contributed by atoms with Gasteiger partial charge < -0.3 is 9.64 Å². The fourth-order valence-electron chi connectivity index (χ4n) is 2.62. The molecule has 3 nitrogen and oxygen atoms in total. The summed E-state index contributed by atoms with van der Waals surface area (Å²) >= 11 is 3.47. The summed E-state index contributed by atoms with van der Waals surface area (Å²) in [5.41, 5.74) is 2.23. The van der Waals surface area contributed by atoms with E-state index in [0.717, 1.165) is 30.5 Å². The number of nitrogens with zero attached hydrogens (tertiary/aromatic N) is 2. The molecule has 0 saturated carbocycles. The zero-order valence-electron chi connectivity index (χ0n) is 12.0. The molecular weight excluding hydrogens is 312 g/mol. The molecule has 2 aromatic heterocycles. The van der Waals surface area contributed by atoms with Crippen molar-refractivity contribution in [3.05, 3.63) is 58.1 Å². The molecule has 0 bridgehead atoms. The summed E-state index contributed by atoms with van der Waals surface area (Å²) in [6.45, 7) is 2.54. The molecule has 112 valence electrons. The number of thiophene rings is 1. The van der Waals surface area contributed by atoms with Crippen molar-refractivity contribution in [2.75, 3.05) is 24.6 Å². The Hall–Kier alpha value is -1.69. The number of aromatic nitrogens is 1. The van der Waals surface area contributed by atoms with Gasteiger partial charge in [-0.2, -0.15) is 0 Å². The molecule has 0 N–H and O–H groups in total. The average molecular weight is 328 g/mol. The van der Waals surface area contributed by atoms with Crippen LogP contribution in [-0.2, 0) is 4.74 Å². The second-order valence-corrected chi connectivity index (χ2v) is 7.02. The first kappa shape index (κ1) is 13.9. The molecule has 1 saturated heterocycles. The smallest absolute Gasteiger partial charge is 0.186 e. The van der Waals surface area contributed by atoms with Crippen molar-refractivity contribution in [2.24, 2.45) is 0 Å². The van der Waals surface area contributed by atoms with Crippen molar-refractivity contribution in [3.8, 4) is 11.3 Å². The van der Waals surface area contributed by atoms with Gasteiger partial charge in [0.15, 0.2) is 5.13 Å². The van der Waals surface area contributed by atoms with Gasteiger partial charge in [0.25, 0.3) is 0 Å². The van der Waals surface area contributed by atoms with E-state index >= 15 is 0 Å². The van der Waals surface area contributed by atoms with E-state index in [1.165, 1.54) is 10.4 Å². The summed E-state index contributed by atoms with van der Waals surface area (Å²) in [4.78, 5) is 8.45. The Morgan fingerprint density at radius 2 is 2.00 bits per heavy atom. The number of ether oxygens (including phenoxy) is 1. The van der Waals surface area contributed by atoms with E-state index in [1.54, 1.807) is 22.7 Å². The lowest BCUT2D eigenvalue weighted by Gasteiger charge is -2.32. The highest BCUT2D eigenvalue weighted by Crippen LogP contribution is 2.32. The van der Waals surface area contributed by atoms with Crippen LogP contribution in [0.4, 0.5) is 5.13 Å². The van der Waals surface area contributed by atoms with Gasteiger partial charge in [0.1, 0.15) is 6.10 Å². The molecule has 0 radical (unpaired) electrons. The first-order valence-corrected chi connectivity index (χ1v) is 9.07. The van der Waals surface area contributed by atoms with Crippen LogP contribution in [0.2, 0.25) is 0 Å². The number of thiazole rings is 1. The van der Waals surface area contributed by atoms with Crippen molar-refractivity contribution < 1.29 is 4.74 Å². The Morgan fingerprint density at radius 3 is 2.82 bits per heavy atom. The second-order valence-electron chi connectivity index (χ2n) is 5.20. The molecule has 0 amide bonds. The normalized spacial score (nSPS) is 18.5. The third-order valence-electron chi connectivity index (χ3n) is 3.76. The Bertz CT molecular complexity index is 724. The van der Waals surface area contributed by atoms with Crippen molar-refractivity contribution >= 4 is 27.8 Å². The van der Waals surface area contributed by atoms with E-state index in [-0.39, 0.29) is 6.10 Å². The van der Waals surface area contributed by atoms with Crippen LogP contribution in [-0.4, -0.2) is 24.7 Å². The fraction of sp³-hybridized carbons (Fsp3) is 0.235. The lowest BCUT2D eigenvalue weighted by molar-refractivity contribution is 0.0421. The number of morpholine rings is 1. The van der Waals surface area contributed by atoms with Crippen molar-refractivity contribution in [2.45, 2.75) is 6.10 Å². The lowest BCUT2D eigenvalue weighted by atomic mass is 10.2. The first-order chi connectivity index (χ1) is 10.9. The number of hydrogen-bond donors (Lipinski definition) is 0. The Morgan fingerprint density at radius 1 is 1.09 bits per heavy atom. The van der Waals surface area contributed by atoms with Gasteiger partial charge in [-0.15, -0.1) is 22.7 Å². The number of anilines is 1. The van der Waals surface area contributed by atoms with E-state index in [0.29, 0.717) is 0 Å². The van der Waals surface area contributed by atoms with Crippen LogP contribution in [0.1, 0.15) is 11.0 Å². The lowest BCUT2D eigenvalue weighted by Crippen LogP contribution is -2.38. The van der Waals surface area contributed by atoms with E-state index in [1.807, 2.05) is 6.07 Å². The first-order valence-electron chi connectivity index (χ1n) is 7.31. The van der Waals surface area contributed by atoms with Crippen LogP contribution in [0.5, 0.6) is 0 Å². The van der Waals surface area contributed by atoms with Gasteiger partial charge >= 0.3 is 0 Å². The van der Waals surface area contributed by atoms with Gasteiger partial charge in [-0.1, -0.05) is 36.4 Å². The Kier molecular flexibility index (Phi) is 3.93. The van der Waals surface area contributed by atoms with Crippen molar-refractivity contribution in [1.29, 1.82) is 0 Å². The summed E-state index contributed by atoms with van der Waals surface area (Å²) in [5.74, 6) is 0. The van der Waals surface area contributed by atoms with E-state index in [2.05, 4.69) is 52.1 Å². The molecule has 22 heavy (non-hydrogen) atoms. The summed E-state index contributed by atoms with van der Waals surface area (Å²) in [6.07, 6.45) is 0.165. The Labute approximate surface area is 137 Å². The Balaban J connectivity index is 1.53. The highest BCUT2D eigenvalue weighted by atomic mass is 32.1. The zero-order valence-corrected chi connectivity index (χ0v) is 13.6. The van der Waals surface area contributed by atoms with Crippen LogP contribution in [0.25, 0.3) is 11.3 Å². The predicted octanol–water partition coefficient (Wildman–Crippen LogP) is 4.45. The maximum absolute atomic E-state index is 5.91. The second kappa shape index (κ2) is 6.20. The van der Waals surface area contributed by atoms with Gasteiger partial charge in [0, 0.05) is 22.4 Å². The highest BCUT2D eigenvalue weighted by Gasteiger charge is 2.24. The van der Waals surface area contributed by atoms with Crippen LogP contribution in [0, 0.1) is 0 Å². The van der Waals surface area contributed by atoms with Gasteiger partial charge in [-0.05, 0) is 11.4 Å². The molecular formula is C17H16N2OS2. The van der Waals surface area contributed by atoms with E-state index < -0.39 is 0 Å². The zero-order chi connectivity index (χ0) is 14.8. The van der Waals surface area contributed by atoms with Crippen molar-refractivity contribution in [1.82, 2.24) is 4.98 Å². The molecule has 1 aliphatic heterocycles. The largest absolute Gasteiger partial charge is 0.369 e. The van der Waals surface area contributed by atoms with E-state index in [4.69, 9.17) is 9.72 Å². The third-order valence-corrected chi connectivity index (χ3v) is 5.62. The fourth-order valence-corrected chi connectivity index (χ4v) is 4.26. The molecule has 3 heterocycles. The molecule has 0 spiro atoms. The molecule has 5 heteroatoms. The SMILES string of the molecule is c1ccc(-c2csc(N3CCOC(c4cccs4)C3)n2)cc1. The molecule has 0 aliphatic carbocycles. The minimum atomic E-state index is 0.165. The van der Waals surface area contributed by atoms with Gasteiger partial charge in [-0.25, -0.2) is 4.98 Å². The number of hydrogen-bond acceptors (Lipinski definition) is 5. The van der Waals surface area contributed by atoms with Crippen LogP contribution >= 0.6 is 22.7 Å². The summed E-state index contributed by atoms with van der Waals surface area (Å²) in [7, 11) is 0. The minimum absolute atomic E-state index is 0.165. The van der Waals surface area contributed by atoms with Crippen LogP contribution in [0.15, 0.2) is 53.2 Å². The maximum Gasteiger partial charge on any atom is 0.186 e. The topological polar surface area (TPSA) is 25.4 Å². The molecule has 1 fully saturated rings. The highest BCUT2D eigenvalue weighted by molar-refractivity contribution is 7.14. The van der Waals surface area contributed by atoms with Crippen molar-refractivity contribution in [3.63, 3.8) is 0 Å². The molecule has 1 unspecified atom stereocenters. The number of rotatable bonds is 3. The molecule has 1 aromatic carbocycles. The average Bonchev–Trinajstić information content (AvgIpc) is 3.28. The minimum Gasteiger partial charge on any atom is -0.369 e. The monoisotopic (exact) mass is 328 g/mol. The van der Waals surface area contributed by atoms with E-state index in [9.17, 15) is 0 Å². The quantitative estimate of drug-likeness (QED) is 0.710. The molecule has 1 aliphatic rings.